The number of aryl methyl sites for hydroxylation is 3. The molecule has 12 heteroatoms. The summed E-state index contributed by atoms with van der Waals surface area (Å²) in [6.45, 7) is 4.50. The molecule has 7 heterocycles. The number of nitrogens with zero attached hydrogens (tertiary/aromatic N) is 7. The maximum absolute atomic E-state index is 17.3. The zero-order valence-electron chi connectivity index (χ0n) is 29.1. The number of nitrogens with one attached hydrogen (secondary N) is 1. The number of amides is 1. The van der Waals surface area contributed by atoms with E-state index >= 15 is 4.39 Å². The van der Waals surface area contributed by atoms with Crippen LogP contribution in [0.1, 0.15) is 61.1 Å². The van der Waals surface area contributed by atoms with Gasteiger partial charge >= 0.3 is 0 Å². The number of fused-ring (bicyclic) bond motifs is 6. The Morgan fingerprint density at radius 2 is 1.98 bits per heavy atom. The zero-order valence-corrected chi connectivity index (χ0v) is 30.6. The number of carbonyl (C=O) groups is 1. The van der Waals surface area contributed by atoms with Crippen LogP contribution in [0.4, 0.5) is 10.1 Å². The fraction of sp³-hybridized carbons (Fsp3) is 0.450. The summed E-state index contributed by atoms with van der Waals surface area (Å²) in [5, 5.41) is 20.2. The van der Waals surface area contributed by atoms with Crippen molar-refractivity contribution in [2.24, 2.45) is 24.8 Å². The van der Waals surface area contributed by atoms with E-state index in [0.717, 1.165) is 78.7 Å². The largest absolute Gasteiger partial charge is 0.367 e. The number of nitriles is 1. The molecule has 4 bridgehead atoms. The standard InChI is InChI=1S/C40H39Cl2FN8O/c1-20-28-14-32(38-24-11-25(50(38)40(52)21-8-9-21)19-49(17-24)26-16-46-48(2)18-26)51(37-23-13-31(37)45-15-23)39(28)29-12-22(5-4-10-44)33(35(43)36(29)47-20)27-6-3-7-30(41)34(27)42/h3,6-7,12,14,16,18,21,23-25,31,37-38,45H,4-5,8-9,11,13,15,17,19H2,1-2H3/t23-,24+,25-,31-,37+,38-/m1/s1. The Kier molecular flexibility index (Phi) is 7.45. The normalized spacial score (nSPS) is 26.4. The summed E-state index contributed by atoms with van der Waals surface area (Å²) >= 11 is 13.2. The van der Waals surface area contributed by atoms with E-state index < -0.39 is 5.82 Å². The fourth-order valence-electron chi connectivity index (χ4n) is 10.1. The molecule has 3 aromatic heterocycles. The Morgan fingerprint density at radius 1 is 1.13 bits per heavy atom. The van der Waals surface area contributed by atoms with Gasteiger partial charge in [-0.05, 0) is 68.7 Å². The lowest BCUT2D eigenvalue weighted by atomic mass is 9.79. The molecule has 6 fully saturated rings. The lowest BCUT2D eigenvalue weighted by molar-refractivity contribution is -0.135. The van der Waals surface area contributed by atoms with Crippen molar-refractivity contribution in [1.29, 1.82) is 5.26 Å². The molecule has 0 unspecified atom stereocenters. The SMILES string of the molecule is Cc1nc2c(F)c(-c3cccc(Cl)c3Cl)c(CCC#N)cc2c2c1cc([C@H]1[C@H]3C[C@H](CN(c4cnn(C)c4)C3)N1C(=O)C1CC1)n2[C@H]1[C@H]2CN[C@@H]1C2. The molecule has 4 aliphatic heterocycles. The van der Waals surface area contributed by atoms with Crippen LogP contribution in [-0.4, -0.2) is 61.9 Å². The van der Waals surface area contributed by atoms with Gasteiger partial charge in [0.15, 0.2) is 5.82 Å². The van der Waals surface area contributed by atoms with E-state index in [0.29, 0.717) is 40.1 Å². The molecule has 2 aliphatic carbocycles. The Balaban J connectivity index is 1.22. The molecule has 11 rings (SSSR count). The smallest absolute Gasteiger partial charge is 0.226 e. The first-order valence-electron chi connectivity index (χ1n) is 18.5. The average molecular weight is 738 g/mol. The Morgan fingerprint density at radius 3 is 2.69 bits per heavy atom. The average Bonchev–Trinajstić information content (AvgIpc) is 3.47. The second-order valence-corrected chi connectivity index (χ2v) is 16.5. The number of carbonyl (C=O) groups excluding carboxylic acids is 1. The van der Waals surface area contributed by atoms with Gasteiger partial charge in [0.1, 0.15) is 5.52 Å². The van der Waals surface area contributed by atoms with Gasteiger partial charge in [-0.1, -0.05) is 35.3 Å². The lowest BCUT2D eigenvalue weighted by Crippen LogP contribution is -2.45. The Labute approximate surface area is 311 Å². The van der Waals surface area contributed by atoms with Crippen LogP contribution in [-0.2, 0) is 18.3 Å². The fourth-order valence-corrected chi connectivity index (χ4v) is 10.5. The van der Waals surface area contributed by atoms with E-state index in [1.54, 1.807) is 18.2 Å². The van der Waals surface area contributed by atoms with E-state index in [1.807, 2.05) is 30.9 Å². The Hall–Kier alpha value is -4.17. The molecular formula is C40H39Cl2FN8O. The predicted octanol–water partition coefficient (Wildman–Crippen LogP) is 7.52. The first-order valence-corrected chi connectivity index (χ1v) is 19.2. The zero-order chi connectivity index (χ0) is 35.6. The molecule has 2 saturated carbocycles. The van der Waals surface area contributed by atoms with Crippen LogP contribution in [0, 0.1) is 41.8 Å². The Bertz CT molecular complexity index is 2350. The van der Waals surface area contributed by atoms with Crippen LogP contribution in [0.5, 0.6) is 0 Å². The number of anilines is 1. The van der Waals surface area contributed by atoms with E-state index in [-0.39, 0.29) is 52.8 Å². The molecule has 6 atom stereocenters. The van der Waals surface area contributed by atoms with Crippen molar-refractivity contribution in [1.82, 2.24) is 29.5 Å². The number of piperidine rings is 1. The molecule has 5 aromatic rings. The highest BCUT2D eigenvalue weighted by Crippen LogP contribution is 2.54. The number of rotatable bonds is 7. The molecule has 0 radical (unpaired) electrons. The molecule has 6 aliphatic rings. The highest BCUT2D eigenvalue weighted by atomic mass is 35.5. The number of hydrogen-bond acceptors (Lipinski definition) is 6. The number of hydrogen-bond donors (Lipinski definition) is 1. The molecule has 4 saturated heterocycles. The monoisotopic (exact) mass is 736 g/mol. The number of pyridine rings is 1. The van der Waals surface area contributed by atoms with Crippen molar-refractivity contribution in [3.05, 3.63) is 75.5 Å². The van der Waals surface area contributed by atoms with Crippen LogP contribution in [0.15, 0.2) is 42.7 Å². The van der Waals surface area contributed by atoms with Crippen molar-refractivity contribution in [3.8, 4) is 17.2 Å². The maximum atomic E-state index is 17.3. The third-order valence-electron chi connectivity index (χ3n) is 12.6. The van der Waals surface area contributed by atoms with E-state index in [9.17, 15) is 10.1 Å². The lowest BCUT2D eigenvalue weighted by Gasteiger charge is -2.40. The molecule has 1 N–H and O–H groups in total. The molecule has 2 aromatic carbocycles. The van der Waals surface area contributed by atoms with Crippen molar-refractivity contribution in [2.75, 3.05) is 24.5 Å². The second kappa shape index (κ2) is 11.9. The van der Waals surface area contributed by atoms with Crippen LogP contribution in [0.3, 0.4) is 0 Å². The predicted molar refractivity (Wildman–Crippen MR) is 200 cm³/mol. The van der Waals surface area contributed by atoms with Gasteiger partial charge in [0, 0.05) is 90.5 Å². The van der Waals surface area contributed by atoms with E-state index in [1.165, 1.54) is 0 Å². The summed E-state index contributed by atoms with van der Waals surface area (Å²) in [6, 6.07) is 12.3. The molecule has 52 heavy (non-hydrogen) atoms. The van der Waals surface area contributed by atoms with Gasteiger partial charge in [-0.25, -0.2) is 9.37 Å². The molecule has 1 amide bonds. The summed E-state index contributed by atoms with van der Waals surface area (Å²) in [4.78, 5) is 24.0. The van der Waals surface area contributed by atoms with Crippen molar-refractivity contribution >= 4 is 56.6 Å². The topological polar surface area (TPSA) is 95.0 Å². The van der Waals surface area contributed by atoms with Crippen LogP contribution in [0.25, 0.3) is 32.9 Å². The molecule has 0 spiro atoms. The van der Waals surface area contributed by atoms with Crippen LogP contribution in [0.2, 0.25) is 10.0 Å². The van der Waals surface area contributed by atoms with Gasteiger partial charge in [0.05, 0.1) is 51.6 Å². The van der Waals surface area contributed by atoms with Crippen molar-refractivity contribution < 1.29 is 9.18 Å². The summed E-state index contributed by atoms with van der Waals surface area (Å²) in [5.74, 6) is 0.554. The third-order valence-corrected chi connectivity index (χ3v) is 13.4. The van der Waals surface area contributed by atoms with Gasteiger partial charge < -0.3 is 19.7 Å². The molecule has 266 valence electrons. The molecular weight excluding hydrogens is 698 g/mol. The first kappa shape index (κ1) is 32.5. The first-order chi connectivity index (χ1) is 25.2. The van der Waals surface area contributed by atoms with Gasteiger partial charge in [0.2, 0.25) is 5.91 Å². The van der Waals surface area contributed by atoms with E-state index in [4.69, 9.17) is 28.2 Å². The summed E-state index contributed by atoms with van der Waals surface area (Å²) in [5.41, 5.74) is 5.72. The highest BCUT2D eigenvalue weighted by Gasteiger charge is 2.55. The van der Waals surface area contributed by atoms with Crippen LogP contribution >= 0.6 is 23.2 Å². The quantitative estimate of drug-likeness (QED) is 0.186. The van der Waals surface area contributed by atoms with Gasteiger partial charge in [-0.3, -0.25) is 9.48 Å². The minimum absolute atomic E-state index is 0.0887. The van der Waals surface area contributed by atoms with Gasteiger partial charge in [-0.15, -0.1) is 0 Å². The van der Waals surface area contributed by atoms with Crippen LogP contribution < -0.4 is 10.2 Å². The number of halogens is 3. The maximum Gasteiger partial charge on any atom is 0.226 e. The summed E-state index contributed by atoms with van der Waals surface area (Å²) < 4.78 is 21.6. The minimum atomic E-state index is -0.460. The number of likely N-dealkylation sites (tertiary alicyclic amines) is 1. The highest BCUT2D eigenvalue weighted by molar-refractivity contribution is 6.43. The second-order valence-electron chi connectivity index (χ2n) is 15.7. The third kappa shape index (κ3) is 4.78. The van der Waals surface area contributed by atoms with Gasteiger partial charge in [-0.2, -0.15) is 10.4 Å². The van der Waals surface area contributed by atoms with Crippen molar-refractivity contribution in [3.63, 3.8) is 0 Å². The summed E-state index contributed by atoms with van der Waals surface area (Å²) in [6.07, 6.45) is 8.50. The summed E-state index contributed by atoms with van der Waals surface area (Å²) in [7, 11) is 1.94. The molecule has 9 nitrogen and oxygen atoms in total. The number of benzene rings is 2. The van der Waals surface area contributed by atoms with Crippen molar-refractivity contribution in [2.45, 2.75) is 69.6 Å². The minimum Gasteiger partial charge on any atom is -0.367 e. The number of aromatic nitrogens is 4. The van der Waals surface area contributed by atoms with E-state index in [2.05, 4.69) is 43.1 Å². The van der Waals surface area contributed by atoms with Gasteiger partial charge in [0.25, 0.3) is 0 Å².